The Kier molecular flexibility index (Phi) is 2.47. The smallest absolute Gasteiger partial charge is 0.329 e. The molecule has 94 valence electrons. The average Bonchev–Trinajstić information content (AvgIpc) is 2.53. The Balaban J connectivity index is 2.03. The molecule has 0 unspecified atom stereocenters. The van der Waals surface area contributed by atoms with Crippen LogP contribution in [0.15, 0.2) is 29.1 Å². The lowest BCUT2D eigenvalue weighted by Gasteiger charge is -2.30. The topological polar surface area (TPSA) is 47.2 Å². The molecule has 1 aliphatic rings. The fourth-order valence-corrected chi connectivity index (χ4v) is 2.32. The molecule has 1 aliphatic heterocycles. The second kappa shape index (κ2) is 4.01. The molecular formula is C13H15N3O2. The lowest BCUT2D eigenvalue weighted by atomic mass is 10.2. The van der Waals surface area contributed by atoms with E-state index in [0.29, 0.717) is 0 Å². The predicted molar refractivity (Wildman–Crippen MR) is 68.4 cm³/mol. The normalized spacial score (nSPS) is 14.8. The molecule has 2 heterocycles. The molecule has 3 rings (SSSR count). The van der Waals surface area contributed by atoms with Crippen LogP contribution in [0.25, 0.3) is 11.0 Å². The van der Waals surface area contributed by atoms with Crippen molar-refractivity contribution in [2.24, 2.45) is 7.05 Å². The van der Waals surface area contributed by atoms with E-state index < -0.39 is 0 Å². The van der Waals surface area contributed by atoms with Crippen LogP contribution in [-0.4, -0.2) is 33.0 Å². The molecule has 1 amide bonds. The van der Waals surface area contributed by atoms with Crippen LogP contribution < -0.4 is 5.69 Å². The number of amides is 1. The SMILES string of the molecule is Cn1c(=O)n(CC(=O)N2CCC2)c2ccccc21. The fraction of sp³-hybridized carbons (Fsp3) is 0.385. The molecule has 0 atom stereocenters. The van der Waals surface area contributed by atoms with Crippen LogP contribution >= 0.6 is 0 Å². The summed E-state index contributed by atoms with van der Waals surface area (Å²) in [6.07, 6.45) is 1.07. The van der Waals surface area contributed by atoms with E-state index in [1.165, 1.54) is 0 Å². The molecule has 0 spiro atoms. The Labute approximate surface area is 104 Å². The summed E-state index contributed by atoms with van der Waals surface area (Å²) in [5.41, 5.74) is 1.54. The maximum absolute atomic E-state index is 12.1. The van der Waals surface area contributed by atoms with E-state index in [2.05, 4.69) is 0 Å². The molecule has 0 saturated carbocycles. The van der Waals surface area contributed by atoms with E-state index in [9.17, 15) is 9.59 Å². The number of fused-ring (bicyclic) bond motifs is 1. The minimum Gasteiger partial charge on any atom is -0.341 e. The molecule has 5 nitrogen and oxygen atoms in total. The molecule has 0 radical (unpaired) electrons. The van der Waals surface area contributed by atoms with Gasteiger partial charge < -0.3 is 4.90 Å². The highest BCUT2D eigenvalue weighted by Crippen LogP contribution is 2.13. The van der Waals surface area contributed by atoms with Crippen molar-refractivity contribution in [1.29, 1.82) is 0 Å². The first-order chi connectivity index (χ1) is 8.68. The number of benzene rings is 1. The summed E-state index contributed by atoms with van der Waals surface area (Å²) in [6.45, 7) is 1.77. The summed E-state index contributed by atoms with van der Waals surface area (Å²) in [5.74, 6) is 0.0275. The first-order valence-electron chi connectivity index (χ1n) is 6.10. The van der Waals surface area contributed by atoms with Crippen molar-refractivity contribution in [1.82, 2.24) is 14.0 Å². The van der Waals surface area contributed by atoms with Gasteiger partial charge in [0.2, 0.25) is 5.91 Å². The third kappa shape index (κ3) is 1.54. The zero-order valence-electron chi connectivity index (χ0n) is 10.3. The lowest BCUT2D eigenvalue weighted by molar-refractivity contribution is -0.135. The number of carbonyl (C=O) groups is 1. The Morgan fingerprint density at radius 2 is 1.89 bits per heavy atom. The van der Waals surface area contributed by atoms with Gasteiger partial charge in [-0.1, -0.05) is 12.1 Å². The highest BCUT2D eigenvalue weighted by Gasteiger charge is 2.22. The van der Waals surface area contributed by atoms with Crippen molar-refractivity contribution in [3.8, 4) is 0 Å². The molecule has 0 N–H and O–H groups in total. The molecule has 2 aromatic rings. The Morgan fingerprint density at radius 1 is 1.22 bits per heavy atom. The molecule has 1 aromatic heterocycles. The van der Waals surface area contributed by atoms with Gasteiger partial charge in [-0.25, -0.2) is 4.79 Å². The highest BCUT2D eigenvalue weighted by atomic mass is 16.2. The van der Waals surface area contributed by atoms with Gasteiger partial charge in [-0.3, -0.25) is 13.9 Å². The van der Waals surface area contributed by atoms with Gasteiger partial charge >= 0.3 is 5.69 Å². The van der Waals surface area contributed by atoms with Gasteiger partial charge in [0.1, 0.15) is 6.54 Å². The van der Waals surface area contributed by atoms with Crippen LogP contribution in [-0.2, 0) is 18.4 Å². The zero-order chi connectivity index (χ0) is 12.7. The molecule has 1 saturated heterocycles. The quantitative estimate of drug-likeness (QED) is 0.776. The van der Waals surface area contributed by atoms with Crippen molar-refractivity contribution >= 4 is 16.9 Å². The van der Waals surface area contributed by atoms with Gasteiger partial charge in [-0.05, 0) is 18.6 Å². The van der Waals surface area contributed by atoms with Crippen molar-refractivity contribution in [2.45, 2.75) is 13.0 Å². The Bertz CT molecular complexity index is 664. The minimum absolute atomic E-state index is 0.0275. The summed E-state index contributed by atoms with van der Waals surface area (Å²) in [4.78, 5) is 25.9. The maximum Gasteiger partial charge on any atom is 0.329 e. The van der Waals surface area contributed by atoms with Crippen LogP contribution in [0.5, 0.6) is 0 Å². The number of carbonyl (C=O) groups excluding carboxylic acids is 1. The Morgan fingerprint density at radius 3 is 2.50 bits per heavy atom. The van der Waals surface area contributed by atoms with Crippen LogP contribution in [0.2, 0.25) is 0 Å². The predicted octanol–water partition coefficient (Wildman–Crippen LogP) is 0.572. The fourth-order valence-electron chi connectivity index (χ4n) is 2.32. The summed E-state index contributed by atoms with van der Waals surface area (Å²) >= 11 is 0. The monoisotopic (exact) mass is 245 g/mol. The number of para-hydroxylation sites is 2. The number of aromatic nitrogens is 2. The van der Waals surface area contributed by atoms with Crippen molar-refractivity contribution in [3.05, 3.63) is 34.7 Å². The number of likely N-dealkylation sites (tertiary alicyclic amines) is 1. The van der Waals surface area contributed by atoms with E-state index in [1.54, 1.807) is 21.1 Å². The van der Waals surface area contributed by atoms with E-state index in [-0.39, 0.29) is 18.1 Å². The average molecular weight is 245 g/mol. The first kappa shape index (κ1) is 11.1. The lowest BCUT2D eigenvalue weighted by Crippen LogP contribution is -2.44. The Hall–Kier alpha value is -2.04. The van der Waals surface area contributed by atoms with Gasteiger partial charge in [0.25, 0.3) is 0 Å². The van der Waals surface area contributed by atoms with E-state index in [1.807, 2.05) is 24.3 Å². The van der Waals surface area contributed by atoms with Gasteiger partial charge in [0.05, 0.1) is 11.0 Å². The second-order valence-electron chi connectivity index (χ2n) is 4.65. The summed E-state index contributed by atoms with van der Waals surface area (Å²) in [7, 11) is 1.73. The number of hydrogen-bond acceptors (Lipinski definition) is 2. The van der Waals surface area contributed by atoms with Crippen molar-refractivity contribution < 1.29 is 4.79 Å². The summed E-state index contributed by atoms with van der Waals surface area (Å²) in [6, 6.07) is 7.54. The maximum atomic E-state index is 12.1. The van der Waals surface area contributed by atoms with Crippen LogP contribution in [0.1, 0.15) is 6.42 Å². The van der Waals surface area contributed by atoms with Crippen LogP contribution in [0.4, 0.5) is 0 Å². The molecule has 1 fully saturated rings. The third-order valence-corrected chi connectivity index (χ3v) is 3.55. The molecule has 0 aliphatic carbocycles. The molecule has 1 aromatic carbocycles. The highest BCUT2D eigenvalue weighted by molar-refractivity contribution is 5.81. The summed E-state index contributed by atoms with van der Waals surface area (Å²) < 4.78 is 3.13. The number of hydrogen-bond donors (Lipinski definition) is 0. The van der Waals surface area contributed by atoms with Gasteiger partial charge in [-0.15, -0.1) is 0 Å². The van der Waals surface area contributed by atoms with Crippen molar-refractivity contribution in [3.63, 3.8) is 0 Å². The van der Waals surface area contributed by atoms with E-state index in [0.717, 1.165) is 30.5 Å². The number of imidazole rings is 1. The van der Waals surface area contributed by atoms with Gasteiger partial charge in [0, 0.05) is 20.1 Å². The molecular weight excluding hydrogens is 230 g/mol. The molecule has 18 heavy (non-hydrogen) atoms. The number of aryl methyl sites for hydroxylation is 1. The summed E-state index contributed by atoms with van der Waals surface area (Å²) in [5, 5.41) is 0. The van der Waals surface area contributed by atoms with Gasteiger partial charge in [0.15, 0.2) is 0 Å². The van der Waals surface area contributed by atoms with Crippen LogP contribution in [0.3, 0.4) is 0 Å². The molecule has 5 heteroatoms. The van der Waals surface area contributed by atoms with E-state index in [4.69, 9.17) is 0 Å². The zero-order valence-corrected chi connectivity index (χ0v) is 10.3. The molecule has 0 bridgehead atoms. The van der Waals surface area contributed by atoms with Gasteiger partial charge in [-0.2, -0.15) is 0 Å². The third-order valence-electron chi connectivity index (χ3n) is 3.55. The van der Waals surface area contributed by atoms with Crippen LogP contribution in [0, 0.1) is 0 Å². The standard InChI is InChI=1S/C13H15N3O2/c1-14-10-5-2-3-6-11(10)16(13(14)18)9-12(17)15-7-4-8-15/h2-3,5-6H,4,7-9H2,1H3. The number of rotatable bonds is 2. The second-order valence-corrected chi connectivity index (χ2v) is 4.65. The van der Waals surface area contributed by atoms with E-state index >= 15 is 0 Å². The number of nitrogens with zero attached hydrogens (tertiary/aromatic N) is 3. The largest absolute Gasteiger partial charge is 0.341 e. The minimum atomic E-state index is -0.134. The van der Waals surface area contributed by atoms with Crippen molar-refractivity contribution in [2.75, 3.05) is 13.1 Å². The first-order valence-corrected chi connectivity index (χ1v) is 6.10.